The molecule has 0 bridgehead atoms. The molecular weight excluding hydrogens is 182 g/mol. The van der Waals surface area contributed by atoms with Crippen LogP contribution in [-0.2, 0) is 11.3 Å². The molecule has 1 heterocycles. The number of hydrogen-bond acceptors (Lipinski definition) is 4. The number of pyridine rings is 1. The van der Waals surface area contributed by atoms with E-state index < -0.39 is 5.97 Å². The summed E-state index contributed by atoms with van der Waals surface area (Å²) in [5.41, 5.74) is 1.61. The van der Waals surface area contributed by atoms with E-state index in [0.717, 1.165) is 5.56 Å². The molecule has 0 aromatic carbocycles. The van der Waals surface area contributed by atoms with E-state index in [9.17, 15) is 4.79 Å². The molecule has 4 heteroatoms. The highest BCUT2D eigenvalue weighted by Crippen LogP contribution is 2.06. The summed E-state index contributed by atoms with van der Waals surface area (Å²) in [6, 6.07) is 3.36. The standard InChI is InChI=1S/C10H13NO3/c1-3-14-10(13)9-5-7(2)4-8(6-12)11-9/h4-5,12H,3,6H2,1-2H3. The Hall–Kier alpha value is -1.42. The number of aliphatic hydroxyl groups excluding tert-OH is 1. The van der Waals surface area contributed by atoms with Gasteiger partial charge in [0.2, 0.25) is 0 Å². The van der Waals surface area contributed by atoms with Gasteiger partial charge in [0.15, 0.2) is 0 Å². The van der Waals surface area contributed by atoms with Gasteiger partial charge in [-0.15, -0.1) is 0 Å². The van der Waals surface area contributed by atoms with E-state index in [1.165, 1.54) is 0 Å². The number of ether oxygens (including phenoxy) is 1. The largest absolute Gasteiger partial charge is 0.461 e. The van der Waals surface area contributed by atoms with Gasteiger partial charge in [-0.1, -0.05) is 0 Å². The second-order valence-electron chi connectivity index (χ2n) is 2.90. The van der Waals surface area contributed by atoms with E-state index >= 15 is 0 Å². The molecule has 1 aromatic rings. The van der Waals surface area contributed by atoms with Crippen molar-refractivity contribution in [2.45, 2.75) is 20.5 Å². The number of nitrogens with zero attached hydrogens (tertiary/aromatic N) is 1. The third-order valence-electron chi connectivity index (χ3n) is 1.67. The second kappa shape index (κ2) is 4.72. The molecule has 0 spiro atoms. The first-order valence-electron chi connectivity index (χ1n) is 4.43. The third-order valence-corrected chi connectivity index (χ3v) is 1.67. The van der Waals surface area contributed by atoms with Gasteiger partial charge >= 0.3 is 5.97 Å². The van der Waals surface area contributed by atoms with Crippen LogP contribution in [0.25, 0.3) is 0 Å². The summed E-state index contributed by atoms with van der Waals surface area (Å²) < 4.78 is 4.80. The van der Waals surface area contributed by atoms with Crippen molar-refractivity contribution in [1.82, 2.24) is 4.98 Å². The number of carbonyl (C=O) groups excluding carboxylic acids is 1. The maximum atomic E-state index is 11.3. The Kier molecular flexibility index (Phi) is 3.59. The quantitative estimate of drug-likeness (QED) is 0.732. The van der Waals surface area contributed by atoms with Crippen LogP contribution in [-0.4, -0.2) is 22.7 Å². The fraction of sp³-hybridized carbons (Fsp3) is 0.400. The zero-order valence-electron chi connectivity index (χ0n) is 8.28. The lowest BCUT2D eigenvalue weighted by atomic mass is 10.2. The van der Waals surface area contributed by atoms with Crippen LogP contribution in [0.15, 0.2) is 12.1 Å². The Morgan fingerprint density at radius 3 is 2.86 bits per heavy atom. The van der Waals surface area contributed by atoms with E-state index in [1.807, 2.05) is 6.92 Å². The molecule has 0 saturated heterocycles. The van der Waals surface area contributed by atoms with Crippen molar-refractivity contribution in [1.29, 1.82) is 0 Å². The van der Waals surface area contributed by atoms with Crippen LogP contribution in [0.4, 0.5) is 0 Å². The molecule has 1 N–H and O–H groups in total. The number of aliphatic hydroxyl groups is 1. The average molecular weight is 195 g/mol. The third kappa shape index (κ3) is 2.53. The number of rotatable bonds is 3. The van der Waals surface area contributed by atoms with E-state index in [2.05, 4.69) is 4.98 Å². The van der Waals surface area contributed by atoms with Crippen molar-refractivity contribution < 1.29 is 14.6 Å². The summed E-state index contributed by atoms with van der Waals surface area (Å²) in [5, 5.41) is 8.88. The molecule has 0 aliphatic rings. The van der Waals surface area contributed by atoms with Crippen molar-refractivity contribution >= 4 is 5.97 Å². The van der Waals surface area contributed by atoms with E-state index in [4.69, 9.17) is 9.84 Å². The summed E-state index contributed by atoms with van der Waals surface area (Å²) >= 11 is 0. The van der Waals surface area contributed by atoms with Crippen LogP contribution in [0.3, 0.4) is 0 Å². The lowest BCUT2D eigenvalue weighted by molar-refractivity contribution is 0.0518. The summed E-state index contributed by atoms with van der Waals surface area (Å²) in [7, 11) is 0. The lowest BCUT2D eigenvalue weighted by Crippen LogP contribution is -2.09. The molecule has 1 rings (SSSR count). The summed E-state index contributed by atoms with van der Waals surface area (Å²) in [6.07, 6.45) is 0. The molecule has 14 heavy (non-hydrogen) atoms. The molecule has 0 fully saturated rings. The predicted molar refractivity (Wildman–Crippen MR) is 50.9 cm³/mol. The molecule has 0 atom stereocenters. The van der Waals surface area contributed by atoms with Crippen LogP contribution in [0.2, 0.25) is 0 Å². The molecule has 0 radical (unpaired) electrons. The fourth-order valence-corrected chi connectivity index (χ4v) is 1.13. The first kappa shape index (κ1) is 10.7. The Morgan fingerprint density at radius 2 is 2.29 bits per heavy atom. The van der Waals surface area contributed by atoms with Gasteiger partial charge in [-0.25, -0.2) is 9.78 Å². The number of carbonyl (C=O) groups is 1. The van der Waals surface area contributed by atoms with Crippen LogP contribution in [0, 0.1) is 6.92 Å². The monoisotopic (exact) mass is 195 g/mol. The Balaban J connectivity index is 2.96. The van der Waals surface area contributed by atoms with Gasteiger partial charge in [0, 0.05) is 0 Å². The second-order valence-corrected chi connectivity index (χ2v) is 2.90. The molecule has 0 saturated carbocycles. The van der Waals surface area contributed by atoms with Gasteiger partial charge in [-0.05, 0) is 31.5 Å². The van der Waals surface area contributed by atoms with Gasteiger partial charge in [0.25, 0.3) is 0 Å². The molecule has 0 aliphatic carbocycles. The van der Waals surface area contributed by atoms with E-state index in [0.29, 0.717) is 12.3 Å². The highest BCUT2D eigenvalue weighted by atomic mass is 16.5. The van der Waals surface area contributed by atoms with Crippen LogP contribution < -0.4 is 0 Å². The first-order valence-corrected chi connectivity index (χ1v) is 4.43. The maximum Gasteiger partial charge on any atom is 0.356 e. The minimum Gasteiger partial charge on any atom is -0.461 e. The summed E-state index contributed by atoms with van der Waals surface area (Å²) in [4.78, 5) is 15.2. The van der Waals surface area contributed by atoms with Crippen LogP contribution in [0.5, 0.6) is 0 Å². The minimum absolute atomic E-state index is 0.173. The lowest BCUT2D eigenvalue weighted by Gasteiger charge is -2.04. The SMILES string of the molecule is CCOC(=O)c1cc(C)cc(CO)n1. The maximum absolute atomic E-state index is 11.3. The Morgan fingerprint density at radius 1 is 1.57 bits per heavy atom. The molecule has 1 aromatic heterocycles. The van der Waals surface area contributed by atoms with Crippen molar-refractivity contribution in [3.8, 4) is 0 Å². The highest BCUT2D eigenvalue weighted by molar-refractivity contribution is 5.87. The minimum atomic E-state index is -0.453. The molecule has 4 nitrogen and oxygen atoms in total. The number of aromatic nitrogens is 1. The van der Waals surface area contributed by atoms with E-state index in [1.54, 1.807) is 19.1 Å². The fourth-order valence-electron chi connectivity index (χ4n) is 1.13. The normalized spacial score (nSPS) is 9.93. The van der Waals surface area contributed by atoms with Crippen molar-refractivity contribution in [3.63, 3.8) is 0 Å². The summed E-state index contributed by atoms with van der Waals surface area (Å²) in [6.45, 7) is 3.72. The van der Waals surface area contributed by atoms with Gasteiger partial charge in [0.05, 0.1) is 18.9 Å². The Bertz CT molecular complexity index is 336. The van der Waals surface area contributed by atoms with Gasteiger partial charge < -0.3 is 9.84 Å². The van der Waals surface area contributed by atoms with Gasteiger partial charge in [-0.3, -0.25) is 0 Å². The molecule has 0 aliphatic heterocycles. The molecule has 76 valence electrons. The smallest absolute Gasteiger partial charge is 0.356 e. The van der Waals surface area contributed by atoms with Gasteiger partial charge in [0.1, 0.15) is 5.69 Å². The topological polar surface area (TPSA) is 59.4 Å². The van der Waals surface area contributed by atoms with Crippen molar-refractivity contribution in [2.24, 2.45) is 0 Å². The Labute approximate surface area is 82.5 Å². The van der Waals surface area contributed by atoms with E-state index in [-0.39, 0.29) is 12.3 Å². The number of esters is 1. The van der Waals surface area contributed by atoms with Crippen LogP contribution in [0.1, 0.15) is 28.7 Å². The average Bonchev–Trinajstić information content (AvgIpc) is 2.17. The highest BCUT2D eigenvalue weighted by Gasteiger charge is 2.09. The molecule has 0 unspecified atom stereocenters. The van der Waals surface area contributed by atoms with Crippen molar-refractivity contribution in [2.75, 3.05) is 6.61 Å². The zero-order chi connectivity index (χ0) is 10.6. The predicted octanol–water partition coefficient (Wildman–Crippen LogP) is 1.06. The number of hydrogen-bond donors (Lipinski definition) is 1. The molecular formula is C10H13NO3. The zero-order valence-corrected chi connectivity index (χ0v) is 8.28. The van der Waals surface area contributed by atoms with Crippen molar-refractivity contribution in [3.05, 3.63) is 29.1 Å². The number of aryl methyl sites for hydroxylation is 1. The summed E-state index contributed by atoms with van der Waals surface area (Å²) in [5.74, 6) is -0.453. The van der Waals surface area contributed by atoms with Gasteiger partial charge in [-0.2, -0.15) is 0 Å². The molecule has 0 amide bonds. The van der Waals surface area contributed by atoms with Crippen LogP contribution >= 0.6 is 0 Å². The first-order chi connectivity index (χ1) is 6.67.